The predicted octanol–water partition coefficient (Wildman–Crippen LogP) is 8.37. The van der Waals surface area contributed by atoms with Crippen molar-refractivity contribution in [3.8, 4) is 0 Å². The van der Waals surface area contributed by atoms with E-state index in [2.05, 4.69) is 104 Å². The summed E-state index contributed by atoms with van der Waals surface area (Å²) in [5.74, 6) is 0.0650. The van der Waals surface area contributed by atoms with Gasteiger partial charge in [-0.3, -0.25) is 4.57 Å². The molecule has 0 spiro atoms. The van der Waals surface area contributed by atoms with Gasteiger partial charge in [-0.25, -0.2) is 9.78 Å². The molecule has 15 heteroatoms. The minimum atomic E-state index is -1.98. The van der Waals surface area contributed by atoms with E-state index >= 15 is 0 Å². The highest BCUT2D eigenvalue weighted by atomic mass is 32.1. The Morgan fingerprint density at radius 3 is 2.46 bits per heavy atom. The van der Waals surface area contributed by atoms with Crippen molar-refractivity contribution in [1.82, 2.24) is 24.6 Å². The summed E-state index contributed by atoms with van der Waals surface area (Å²) in [5, 5.41) is 21.1. The maximum absolute atomic E-state index is 11.7. The quantitative estimate of drug-likeness (QED) is 0.0837. The first-order valence-corrected chi connectivity index (χ1v) is 25.5. The Bertz CT molecular complexity index is 1810. The first-order chi connectivity index (χ1) is 23.3. The molecule has 1 aromatic carbocycles. The van der Waals surface area contributed by atoms with Gasteiger partial charge in [0.25, 0.3) is 0 Å². The fraction of sp³-hybridized carbons (Fsp3) is 0.571. The molecule has 0 fully saturated rings. The number of hydrogen-bond donors (Lipinski definition) is 1. The Labute approximate surface area is 307 Å². The molecule has 1 N–H and O–H groups in total. The summed E-state index contributed by atoms with van der Waals surface area (Å²) in [4.78, 5) is 26.1. The number of carbonyl (C=O) groups is 1. The molecule has 0 aliphatic carbocycles. The number of carboxylic acid groups (broad SMARTS) is 1. The van der Waals surface area contributed by atoms with Crippen LogP contribution in [-0.4, -0.2) is 92.0 Å². The van der Waals surface area contributed by atoms with Crippen LogP contribution in [0.1, 0.15) is 49.7 Å². The third-order valence-corrected chi connectivity index (χ3v) is 17.1. The van der Waals surface area contributed by atoms with Gasteiger partial charge in [0, 0.05) is 33.2 Å². The second-order valence-corrected chi connectivity index (χ2v) is 28.0. The first-order valence-electron chi connectivity index (χ1n) is 17.2. The number of ether oxygens (including phenoxy) is 1. The number of benzene rings is 1. The fourth-order valence-corrected chi connectivity index (χ4v) is 9.01. The van der Waals surface area contributed by atoms with Crippen LogP contribution in [-0.2, 0) is 15.9 Å². The van der Waals surface area contributed by atoms with Crippen LogP contribution in [0.3, 0.4) is 0 Å². The van der Waals surface area contributed by atoms with Crippen molar-refractivity contribution in [2.75, 3.05) is 38.7 Å². The molecule has 3 aromatic heterocycles. The van der Waals surface area contributed by atoms with Gasteiger partial charge >= 0.3 is 5.97 Å². The van der Waals surface area contributed by atoms with Crippen molar-refractivity contribution in [3.63, 3.8) is 0 Å². The smallest absolute Gasteiger partial charge is 0.355 e. The molecule has 4 rings (SSSR count). The summed E-state index contributed by atoms with van der Waals surface area (Å²) in [6.07, 6.45) is 1.70. The molecule has 0 bridgehead atoms. The Morgan fingerprint density at radius 1 is 1.12 bits per heavy atom. The lowest BCUT2D eigenvalue weighted by molar-refractivity contribution is 0.0691. The number of rotatable bonds is 17. The summed E-state index contributed by atoms with van der Waals surface area (Å²) in [6, 6.07) is 11.3. The zero-order valence-corrected chi connectivity index (χ0v) is 35.2. The molecule has 3 heterocycles. The summed E-state index contributed by atoms with van der Waals surface area (Å²) >= 11 is 2.89. The van der Waals surface area contributed by atoms with Gasteiger partial charge in [-0.1, -0.05) is 63.9 Å². The van der Waals surface area contributed by atoms with Crippen LogP contribution in [0.2, 0.25) is 43.8 Å². The molecule has 1 unspecified atom stereocenters. The molecule has 0 saturated carbocycles. The Balaban J connectivity index is 1.62. The van der Waals surface area contributed by atoms with Gasteiger partial charge in [-0.2, -0.15) is 4.99 Å². The summed E-state index contributed by atoms with van der Waals surface area (Å²) < 4.78 is 16.2. The van der Waals surface area contributed by atoms with Crippen molar-refractivity contribution >= 4 is 72.0 Å². The zero-order chi connectivity index (χ0) is 36.9. The van der Waals surface area contributed by atoms with E-state index in [1.54, 1.807) is 16.7 Å². The van der Waals surface area contributed by atoms with E-state index in [0.717, 1.165) is 46.0 Å². The molecule has 50 heavy (non-hydrogen) atoms. The van der Waals surface area contributed by atoms with Crippen LogP contribution >= 0.6 is 22.7 Å². The van der Waals surface area contributed by atoms with Gasteiger partial charge < -0.3 is 24.1 Å². The molecule has 4 aromatic rings. The van der Waals surface area contributed by atoms with Gasteiger partial charge in [0.05, 0.1) is 16.3 Å². The third kappa shape index (κ3) is 10.9. The molecule has 0 saturated heterocycles. The summed E-state index contributed by atoms with van der Waals surface area (Å²) in [6.45, 7) is 22.9. The number of aromatic carboxylic acids is 1. The molecular weight excluding hydrogens is 703 g/mol. The van der Waals surface area contributed by atoms with Gasteiger partial charge in [0.1, 0.15) is 6.73 Å². The van der Waals surface area contributed by atoms with Crippen LogP contribution in [0.15, 0.2) is 40.7 Å². The van der Waals surface area contributed by atoms with Gasteiger partial charge in [0.2, 0.25) is 0 Å². The minimum Gasteiger partial charge on any atom is -0.476 e. The summed E-state index contributed by atoms with van der Waals surface area (Å²) in [7, 11) is 0.950. The predicted molar refractivity (Wildman–Crippen MR) is 212 cm³/mol. The topological polar surface area (TPSA) is 118 Å². The van der Waals surface area contributed by atoms with Gasteiger partial charge in [-0.15, -0.1) is 21.5 Å². The maximum atomic E-state index is 11.7. The highest BCUT2D eigenvalue weighted by molar-refractivity contribution is 7.16. The largest absolute Gasteiger partial charge is 0.476 e. The van der Waals surface area contributed by atoms with Crippen LogP contribution in [0, 0.1) is 6.92 Å². The van der Waals surface area contributed by atoms with Crippen LogP contribution in [0.5, 0.6) is 0 Å². The molecule has 1 atom stereocenters. The van der Waals surface area contributed by atoms with Crippen molar-refractivity contribution in [3.05, 3.63) is 51.8 Å². The molecule has 0 amide bonds. The van der Waals surface area contributed by atoms with Crippen molar-refractivity contribution in [2.45, 2.75) is 97.2 Å². The minimum absolute atomic E-state index is 0.0134. The van der Waals surface area contributed by atoms with Gasteiger partial charge in [-0.05, 0) is 81.8 Å². The normalized spacial score (nSPS) is 13.8. The van der Waals surface area contributed by atoms with E-state index in [9.17, 15) is 9.90 Å². The lowest BCUT2D eigenvalue weighted by Gasteiger charge is -2.40. The molecule has 11 nitrogen and oxygen atoms in total. The Hall–Kier alpha value is -2.80. The van der Waals surface area contributed by atoms with Crippen molar-refractivity contribution in [2.24, 2.45) is 4.99 Å². The van der Waals surface area contributed by atoms with E-state index in [0.29, 0.717) is 36.6 Å². The molecule has 0 aliphatic heterocycles. The fourth-order valence-electron chi connectivity index (χ4n) is 5.02. The monoisotopic (exact) mass is 757 g/mol. The molecule has 0 aliphatic rings. The standard InChI is InChI=1S/C35H55N7O4S2Si2/c1-25-21-30(38-39-31(25)37-34-42(24-45-19-20-49(7,8)9)28-16-12-13-17-29(28)48-34)41(33-36-27(23-47-33)32(43)44)18-14-15-26(22-40(5)6)46-50(10,11)35(2,3)4/h12-13,16-17,21,23,26H,14-15,18-20,22,24H2,1-11H3,(H,43,44). The maximum Gasteiger partial charge on any atom is 0.355 e. The Kier molecular flexibility index (Phi) is 13.3. The molecular formula is C35H55N7O4S2Si2. The van der Waals surface area contributed by atoms with Gasteiger partial charge in [0.15, 0.2) is 35.6 Å². The number of thiazole rings is 2. The molecule has 274 valence electrons. The second-order valence-electron chi connectivity index (χ2n) is 15.8. The number of aromatic nitrogens is 4. The number of aryl methyl sites for hydroxylation is 1. The molecule has 0 radical (unpaired) electrons. The van der Waals surface area contributed by atoms with Crippen molar-refractivity contribution < 1.29 is 19.1 Å². The number of fused-ring (bicyclic) bond motifs is 1. The average molecular weight is 758 g/mol. The van der Waals surface area contributed by atoms with Crippen LogP contribution in [0.4, 0.5) is 16.8 Å². The van der Waals surface area contributed by atoms with E-state index in [1.807, 2.05) is 30.0 Å². The van der Waals surface area contributed by atoms with Crippen LogP contribution < -0.4 is 9.70 Å². The summed E-state index contributed by atoms with van der Waals surface area (Å²) in [5.41, 5.74) is 1.94. The zero-order valence-electron chi connectivity index (χ0n) is 31.6. The number of likely N-dealkylation sites (N-methyl/N-ethyl adjacent to an activating group) is 1. The second kappa shape index (κ2) is 16.7. The highest BCUT2D eigenvalue weighted by Gasteiger charge is 2.39. The van der Waals surface area contributed by atoms with Crippen molar-refractivity contribution in [1.29, 1.82) is 0 Å². The number of para-hydroxylation sites is 1. The van der Waals surface area contributed by atoms with E-state index in [4.69, 9.17) is 14.2 Å². The van der Waals surface area contributed by atoms with E-state index in [1.165, 1.54) is 11.3 Å². The average Bonchev–Trinajstić information content (AvgIpc) is 3.62. The lowest BCUT2D eigenvalue weighted by atomic mass is 10.2. The van der Waals surface area contributed by atoms with E-state index < -0.39 is 22.4 Å². The number of nitrogens with zero attached hydrogens (tertiary/aromatic N) is 7. The number of carboxylic acids is 1. The lowest BCUT2D eigenvalue weighted by Crippen LogP contribution is -2.46. The highest BCUT2D eigenvalue weighted by Crippen LogP contribution is 2.38. The number of hydrogen-bond acceptors (Lipinski definition) is 11. The van der Waals surface area contributed by atoms with E-state index in [-0.39, 0.29) is 16.8 Å². The Morgan fingerprint density at radius 2 is 1.84 bits per heavy atom. The van der Waals surface area contributed by atoms with Crippen LogP contribution in [0.25, 0.3) is 10.2 Å². The first kappa shape index (κ1) is 40.0. The third-order valence-electron chi connectivity index (χ3n) is 8.91. The number of anilines is 2. The SMILES string of the molecule is Cc1cc(N(CCCC(CN(C)C)O[Si](C)(C)C(C)(C)C)c2nc(C(=O)O)cs2)nnc1N=c1sc2ccccc2n1COCC[Si](C)(C)C.